The van der Waals surface area contributed by atoms with Gasteiger partial charge < -0.3 is 14.8 Å². The highest BCUT2D eigenvalue weighted by Gasteiger charge is 2.47. The van der Waals surface area contributed by atoms with Gasteiger partial charge in [-0.1, -0.05) is 0 Å². The Morgan fingerprint density at radius 1 is 1.73 bits per heavy atom. The first-order valence-electron chi connectivity index (χ1n) is 4.70. The molecule has 15 heavy (non-hydrogen) atoms. The van der Waals surface area contributed by atoms with Crippen LogP contribution in [0.4, 0.5) is 5.00 Å². The molecule has 1 saturated heterocycles. The molecule has 0 aliphatic carbocycles. The molecule has 0 atom stereocenters. The number of thiophene rings is 1. The van der Waals surface area contributed by atoms with Gasteiger partial charge in [-0.05, 0) is 17.5 Å². The molecule has 1 aliphatic heterocycles. The van der Waals surface area contributed by atoms with Crippen LogP contribution < -0.4 is 5.32 Å². The van der Waals surface area contributed by atoms with E-state index in [9.17, 15) is 4.79 Å². The van der Waals surface area contributed by atoms with E-state index < -0.39 is 5.41 Å². The van der Waals surface area contributed by atoms with Gasteiger partial charge in [-0.2, -0.15) is 0 Å². The van der Waals surface area contributed by atoms with Gasteiger partial charge in [0, 0.05) is 6.54 Å². The fraction of sp³-hybridized carbons (Fsp3) is 0.500. The number of carbonyl (C=O) groups excluding carboxylic acids is 1. The normalized spacial score (nSPS) is 17.9. The molecule has 4 nitrogen and oxygen atoms in total. The minimum atomic E-state index is -0.487. The average Bonchev–Trinajstić information content (AvgIpc) is 2.68. The monoisotopic (exact) mass is 227 g/mol. The summed E-state index contributed by atoms with van der Waals surface area (Å²) in [5, 5.41) is 6.27. The minimum absolute atomic E-state index is 0.196. The van der Waals surface area contributed by atoms with Crippen LogP contribution in [0.1, 0.15) is 0 Å². The van der Waals surface area contributed by atoms with Crippen LogP contribution in [0.15, 0.2) is 17.5 Å². The van der Waals surface area contributed by atoms with E-state index in [1.165, 1.54) is 7.11 Å². The van der Waals surface area contributed by atoms with Crippen molar-refractivity contribution in [3.05, 3.63) is 17.5 Å². The van der Waals surface area contributed by atoms with Gasteiger partial charge in [0.25, 0.3) is 0 Å². The number of hydrogen-bond donors (Lipinski definition) is 1. The number of esters is 1. The fourth-order valence-electron chi connectivity index (χ4n) is 1.49. The molecule has 82 valence electrons. The van der Waals surface area contributed by atoms with Gasteiger partial charge in [0.05, 0.1) is 25.3 Å². The summed E-state index contributed by atoms with van der Waals surface area (Å²) in [7, 11) is 1.41. The van der Waals surface area contributed by atoms with Crippen molar-refractivity contribution in [2.75, 3.05) is 32.2 Å². The topological polar surface area (TPSA) is 47.6 Å². The Kier molecular flexibility index (Phi) is 2.93. The van der Waals surface area contributed by atoms with Gasteiger partial charge in [-0.3, -0.25) is 4.79 Å². The first kappa shape index (κ1) is 10.4. The lowest BCUT2D eigenvalue weighted by molar-refractivity contribution is -0.180. The number of methoxy groups -OCH3 is 1. The zero-order valence-electron chi connectivity index (χ0n) is 8.49. The Hall–Kier alpha value is -1.07. The van der Waals surface area contributed by atoms with E-state index in [1.54, 1.807) is 11.3 Å². The molecular formula is C10H13NO3S. The summed E-state index contributed by atoms with van der Waals surface area (Å²) in [6.07, 6.45) is 0. The molecule has 2 heterocycles. The summed E-state index contributed by atoms with van der Waals surface area (Å²) in [4.78, 5) is 11.5. The van der Waals surface area contributed by atoms with E-state index in [1.807, 2.05) is 17.5 Å². The summed E-state index contributed by atoms with van der Waals surface area (Å²) in [5.74, 6) is -0.196. The lowest BCUT2D eigenvalue weighted by Crippen LogP contribution is -2.54. The summed E-state index contributed by atoms with van der Waals surface area (Å²) in [5.41, 5.74) is -0.487. The minimum Gasteiger partial charge on any atom is -0.468 e. The van der Waals surface area contributed by atoms with E-state index in [0.717, 1.165) is 5.00 Å². The Morgan fingerprint density at radius 2 is 2.53 bits per heavy atom. The molecule has 0 spiro atoms. The van der Waals surface area contributed by atoms with Gasteiger partial charge in [-0.15, -0.1) is 11.3 Å². The molecule has 0 bridgehead atoms. The number of carbonyl (C=O) groups is 1. The molecule has 1 fully saturated rings. The molecule has 2 rings (SSSR count). The zero-order valence-corrected chi connectivity index (χ0v) is 9.30. The van der Waals surface area contributed by atoms with E-state index in [4.69, 9.17) is 9.47 Å². The molecule has 1 N–H and O–H groups in total. The third-order valence-electron chi connectivity index (χ3n) is 2.50. The highest BCUT2D eigenvalue weighted by atomic mass is 32.1. The lowest BCUT2D eigenvalue weighted by atomic mass is 9.86. The summed E-state index contributed by atoms with van der Waals surface area (Å²) < 4.78 is 9.87. The fourth-order valence-corrected chi connectivity index (χ4v) is 2.11. The second-order valence-electron chi connectivity index (χ2n) is 3.60. The zero-order chi connectivity index (χ0) is 10.7. The van der Waals surface area contributed by atoms with Gasteiger partial charge >= 0.3 is 5.97 Å². The van der Waals surface area contributed by atoms with Crippen LogP contribution in [-0.4, -0.2) is 32.8 Å². The smallest absolute Gasteiger partial charge is 0.318 e. The predicted molar refractivity (Wildman–Crippen MR) is 58.1 cm³/mol. The second-order valence-corrected chi connectivity index (χ2v) is 4.54. The Balaban J connectivity index is 1.94. The number of ether oxygens (including phenoxy) is 2. The van der Waals surface area contributed by atoms with Crippen LogP contribution in [0, 0.1) is 5.41 Å². The van der Waals surface area contributed by atoms with Crippen LogP contribution in [0.2, 0.25) is 0 Å². The Labute approximate surface area is 92.2 Å². The third kappa shape index (κ3) is 1.98. The molecule has 0 unspecified atom stereocenters. The van der Waals surface area contributed by atoms with E-state index in [-0.39, 0.29) is 5.97 Å². The third-order valence-corrected chi connectivity index (χ3v) is 3.32. The van der Waals surface area contributed by atoms with Gasteiger partial charge in [0.2, 0.25) is 0 Å². The van der Waals surface area contributed by atoms with Crippen molar-refractivity contribution in [1.82, 2.24) is 0 Å². The van der Waals surface area contributed by atoms with Gasteiger partial charge in [-0.25, -0.2) is 0 Å². The van der Waals surface area contributed by atoms with Crippen molar-refractivity contribution >= 4 is 22.3 Å². The summed E-state index contributed by atoms with van der Waals surface area (Å²) >= 11 is 1.61. The van der Waals surface area contributed by atoms with E-state index in [0.29, 0.717) is 19.8 Å². The highest BCUT2D eigenvalue weighted by molar-refractivity contribution is 7.14. The SMILES string of the molecule is COC(=O)C1(CNc2cccs2)COC1. The quantitative estimate of drug-likeness (QED) is 0.789. The van der Waals surface area contributed by atoms with Crippen molar-refractivity contribution in [2.24, 2.45) is 5.41 Å². The molecule has 0 aromatic carbocycles. The van der Waals surface area contributed by atoms with Crippen LogP contribution in [-0.2, 0) is 14.3 Å². The maximum Gasteiger partial charge on any atom is 0.318 e. The van der Waals surface area contributed by atoms with Crippen molar-refractivity contribution < 1.29 is 14.3 Å². The van der Waals surface area contributed by atoms with Gasteiger partial charge in [0.15, 0.2) is 0 Å². The molecule has 0 saturated carbocycles. The predicted octanol–water partition coefficient (Wildman–Crippen LogP) is 1.35. The molecule has 0 amide bonds. The molecule has 5 heteroatoms. The van der Waals surface area contributed by atoms with Crippen molar-refractivity contribution in [3.8, 4) is 0 Å². The standard InChI is InChI=1S/C10H13NO3S/c1-13-9(12)10(6-14-7-10)5-11-8-3-2-4-15-8/h2-4,11H,5-7H2,1H3. The van der Waals surface area contributed by atoms with Gasteiger partial charge in [0.1, 0.15) is 5.41 Å². The number of rotatable bonds is 4. The van der Waals surface area contributed by atoms with Crippen molar-refractivity contribution in [3.63, 3.8) is 0 Å². The lowest BCUT2D eigenvalue weighted by Gasteiger charge is -2.38. The van der Waals surface area contributed by atoms with E-state index in [2.05, 4.69) is 5.32 Å². The number of anilines is 1. The van der Waals surface area contributed by atoms with Crippen LogP contribution in [0.5, 0.6) is 0 Å². The molecular weight excluding hydrogens is 214 g/mol. The van der Waals surface area contributed by atoms with Crippen LogP contribution >= 0.6 is 11.3 Å². The maximum absolute atomic E-state index is 11.5. The maximum atomic E-state index is 11.5. The molecule has 0 radical (unpaired) electrons. The number of hydrogen-bond acceptors (Lipinski definition) is 5. The number of nitrogens with one attached hydrogen (secondary N) is 1. The molecule has 1 aliphatic rings. The van der Waals surface area contributed by atoms with Crippen LogP contribution in [0.3, 0.4) is 0 Å². The van der Waals surface area contributed by atoms with Crippen LogP contribution in [0.25, 0.3) is 0 Å². The summed E-state index contributed by atoms with van der Waals surface area (Å²) in [6.45, 7) is 1.45. The highest BCUT2D eigenvalue weighted by Crippen LogP contribution is 2.30. The van der Waals surface area contributed by atoms with Crippen molar-refractivity contribution in [1.29, 1.82) is 0 Å². The summed E-state index contributed by atoms with van der Waals surface area (Å²) in [6, 6.07) is 3.95. The second kappa shape index (κ2) is 4.20. The molecule has 1 aromatic rings. The Bertz CT molecular complexity index is 332. The van der Waals surface area contributed by atoms with E-state index >= 15 is 0 Å². The first-order chi connectivity index (χ1) is 7.27. The van der Waals surface area contributed by atoms with Crippen molar-refractivity contribution in [2.45, 2.75) is 0 Å². The first-order valence-corrected chi connectivity index (χ1v) is 5.58. The molecule has 1 aromatic heterocycles. The average molecular weight is 227 g/mol. The largest absolute Gasteiger partial charge is 0.468 e. The Morgan fingerprint density at radius 3 is 3.00 bits per heavy atom.